The largest absolute Gasteiger partial charge is 0.435 e. The van der Waals surface area contributed by atoms with Gasteiger partial charge in [-0.15, -0.1) is 0 Å². The van der Waals surface area contributed by atoms with Crippen LogP contribution >= 0.6 is 0 Å². The summed E-state index contributed by atoms with van der Waals surface area (Å²) in [6, 6.07) is 8.27. The van der Waals surface area contributed by atoms with Crippen molar-refractivity contribution >= 4 is 19.9 Å². The Morgan fingerprint density at radius 1 is 1.03 bits per heavy atom. The fraction of sp³-hybridized carbons (Fsp3) is 0.211. The molecule has 0 fully saturated rings. The van der Waals surface area contributed by atoms with E-state index in [-0.39, 0.29) is 32.3 Å². The van der Waals surface area contributed by atoms with Crippen LogP contribution in [0.5, 0.6) is 0 Å². The van der Waals surface area contributed by atoms with E-state index in [1.165, 1.54) is 31.2 Å². The molecule has 172 valence electrons. The second kappa shape index (κ2) is 7.99. The molecule has 0 aliphatic carbocycles. The first kappa shape index (κ1) is 23.9. The molecule has 0 saturated heterocycles. The van der Waals surface area contributed by atoms with Crippen molar-refractivity contribution in [3.8, 4) is 16.9 Å². The van der Waals surface area contributed by atoms with Gasteiger partial charge < -0.3 is 5.11 Å². The van der Waals surface area contributed by atoms with Gasteiger partial charge in [0.25, 0.3) is 0 Å². The van der Waals surface area contributed by atoms with Crippen molar-refractivity contribution in [2.75, 3.05) is 6.26 Å². The predicted octanol–water partition coefficient (Wildman–Crippen LogP) is 2.41. The maximum absolute atomic E-state index is 13.4. The molecule has 3 aromatic rings. The number of hydrogen-bond acceptors (Lipinski definition) is 6. The first-order valence-corrected chi connectivity index (χ1v) is 12.3. The van der Waals surface area contributed by atoms with Gasteiger partial charge in [0, 0.05) is 11.8 Å². The summed E-state index contributed by atoms with van der Waals surface area (Å²) in [4.78, 5) is -0.342. The lowest BCUT2D eigenvalue weighted by Crippen LogP contribution is -2.15. The summed E-state index contributed by atoms with van der Waals surface area (Å²) in [7, 11) is -7.72. The maximum atomic E-state index is 13.4. The Morgan fingerprint density at radius 3 is 2.16 bits per heavy atom. The molecule has 0 aliphatic heterocycles. The number of rotatable bonds is 5. The van der Waals surface area contributed by atoms with Crippen molar-refractivity contribution in [3.63, 3.8) is 0 Å². The van der Waals surface area contributed by atoms with Crippen LogP contribution in [0.15, 0.2) is 52.3 Å². The van der Waals surface area contributed by atoms with E-state index in [1.54, 1.807) is 0 Å². The smallest absolute Gasteiger partial charge is 0.392 e. The van der Waals surface area contributed by atoms with E-state index in [9.17, 15) is 35.1 Å². The highest BCUT2D eigenvalue weighted by atomic mass is 32.2. The minimum absolute atomic E-state index is 0.0206. The van der Waals surface area contributed by atoms with Crippen molar-refractivity contribution in [2.45, 2.75) is 29.5 Å². The van der Waals surface area contributed by atoms with Gasteiger partial charge in [-0.25, -0.2) is 26.7 Å². The van der Waals surface area contributed by atoms with Gasteiger partial charge in [0.15, 0.2) is 15.5 Å². The van der Waals surface area contributed by atoms with Crippen molar-refractivity contribution in [3.05, 3.63) is 59.3 Å². The number of hydrogen-bond donors (Lipinski definition) is 2. The Bertz CT molecular complexity index is 1410. The third-order valence-electron chi connectivity index (χ3n) is 4.64. The SMILES string of the molecule is Cc1cc(-c2cc(C(F)(F)F)nn2-c2ccc(S(N)(=O)=O)c(CO)c2)ccc1S(C)(=O)=O. The zero-order valence-corrected chi connectivity index (χ0v) is 18.4. The topological polar surface area (TPSA) is 132 Å². The van der Waals surface area contributed by atoms with E-state index in [1.807, 2.05) is 0 Å². The number of alkyl halides is 3. The van der Waals surface area contributed by atoms with Crippen LogP contribution in [-0.2, 0) is 32.6 Å². The average molecular weight is 489 g/mol. The lowest BCUT2D eigenvalue weighted by molar-refractivity contribution is -0.141. The Hall–Kier alpha value is -2.74. The van der Waals surface area contributed by atoms with Crippen LogP contribution in [0.1, 0.15) is 16.8 Å². The van der Waals surface area contributed by atoms with Crippen LogP contribution in [0.2, 0.25) is 0 Å². The second-order valence-corrected chi connectivity index (χ2v) is 10.6. The molecule has 0 radical (unpaired) electrons. The summed E-state index contributed by atoms with van der Waals surface area (Å²) in [6.45, 7) is 0.778. The summed E-state index contributed by atoms with van der Waals surface area (Å²) in [5, 5.41) is 18.2. The van der Waals surface area contributed by atoms with Gasteiger partial charge in [0.05, 0.1) is 27.8 Å². The maximum Gasteiger partial charge on any atom is 0.435 e. The second-order valence-electron chi connectivity index (χ2n) is 7.07. The number of nitrogens with zero attached hydrogens (tertiary/aromatic N) is 2. The number of primary sulfonamides is 1. The molecule has 0 unspecified atom stereocenters. The standard InChI is InChI=1S/C19H18F3N3O5S2/c1-11-7-12(3-5-16(11)31(2,27)28)15-9-18(19(20,21)22)24-25(15)14-4-6-17(32(23,29)30)13(8-14)10-26/h3-9,26H,10H2,1-2H3,(H2,23,29,30). The highest BCUT2D eigenvalue weighted by Crippen LogP contribution is 2.34. The molecule has 0 amide bonds. The number of halogens is 3. The molecule has 0 atom stereocenters. The van der Waals surface area contributed by atoms with Crippen molar-refractivity contribution in [1.82, 2.24) is 9.78 Å². The van der Waals surface area contributed by atoms with Crippen molar-refractivity contribution < 1.29 is 35.1 Å². The van der Waals surface area contributed by atoms with Gasteiger partial charge in [-0.05, 0) is 54.4 Å². The van der Waals surface area contributed by atoms with Gasteiger partial charge in [0.1, 0.15) is 0 Å². The van der Waals surface area contributed by atoms with Gasteiger partial charge in [0.2, 0.25) is 10.0 Å². The molecule has 13 heteroatoms. The van der Waals surface area contributed by atoms with E-state index in [0.717, 1.165) is 29.1 Å². The van der Waals surface area contributed by atoms with E-state index in [2.05, 4.69) is 5.10 Å². The lowest BCUT2D eigenvalue weighted by atomic mass is 10.1. The number of nitrogens with two attached hydrogens (primary N) is 1. The van der Waals surface area contributed by atoms with Gasteiger partial charge in [-0.1, -0.05) is 6.07 Å². The number of benzene rings is 2. The van der Waals surface area contributed by atoms with Crippen LogP contribution in [0.3, 0.4) is 0 Å². The molecule has 0 bridgehead atoms. The van der Waals surface area contributed by atoms with Gasteiger partial charge >= 0.3 is 6.18 Å². The van der Waals surface area contributed by atoms with Crippen LogP contribution < -0.4 is 5.14 Å². The number of sulfone groups is 1. The minimum atomic E-state index is -4.78. The minimum Gasteiger partial charge on any atom is -0.392 e. The zero-order chi connectivity index (χ0) is 24.1. The molecular weight excluding hydrogens is 471 g/mol. The molecule has 8 nitrogen and oxygen atoms in total. The third-order valence-corrected chi connectivity index (χ3v) is 6.90. The van der Waals surface area contributed by atoms with Crippen LogP contribution in [0, 0.1) is 6.92 Å². The fourth-order valence-corrected chi connectivity index (χ4v) is 4.95. The lowest BCUT2D eigenvalue weighted by Gasteiger charge is -2.12. The molecule has 1 aromatic heterocycles. The Labute approximate surface area is 182 Å². The molecule has 0 saturated carbocycles. The molecule has 0 spiro atoms. The Kier molecular flexibility index (Phi) is 5.97. The number of sulfonamides is 1. The quantitative estimate of drug-likeness (QED) is 0.566. The number of aromatic nitrogens is 2. The monoisotopic (exact) mass is 489 g/mol. The Morgan fingerprint density at radius 2 is 1.66 bits per heavy atom. The molecule has 1 heterocycles. The van der Waals surface area contributed by atoms with Crippen molar-refractivity contribution in [2.24, 2.45) is 5.14 Å². The number of aliphatic hydroxyl groups is 1. The zero-order valence-electron chi connectivity index (χ0n) is 16.8. The fourth-order valence-electron chi connectivity index (χ4n) is 3.25. The van der Waals surface area contributed by atoms with E-state index in [4.69, 9.17) is 5.14 Å². The average Bonchev–Trinajstić information content (AvgIpc) is 3.11. The first-order chi connectivity index (χ1) is 14.6. The summed E-state index contributed by atoms with van der Waals surface area (Å²) in [5.74, 6) is 0. The number of aliphatic hydroxyl groups excluding tert-OH is 1. The summed E-state index contributed by atoms with van der Waals surface area (Å²) in [5.41, 5.74) is -0.738. The highest BCUT2D eigenvalue weighted by molar-refractivity contribution is 7.90. The molecule has 0 aliphatic rings. The molecule has 2 aromatic carbocycles. The van der Waals surface area contributed by atoms with Gasteiger partial charge in [-0.3, -0.25) is 0 Å². The highest BCUT2D eigenvalue weighted by Gasteiger charge is 2.35. The normalized spacial score (nSPS) is 12.8. The first-order valence-electron chi connectivity index (χ1n) is 8.88. The van der Waals surface area contributed by atoms with E-state index < -0.39 is 38.3 Å². The third kappa shape index (κ3) is 4.70. The van der Waals surface area contributed by atoms with Gasteiger partial charge in [-0.2, -0.15) is 18.3 Å². The summed E-state index contributed by atoms with van der Waals surface area (Å²) >= 11 is 0. The van der Waals surface area contributed by atoms with Crippen LogP contribution in [0.4, 0.5) is 13.2 Å². The Balaban J connectivity index is 2.27. The molecule has 3 N–H and O–H groups in total. The van der Waals surface area contributed by atoms with E-state index >= 15 is 0 Å². The summed E-state index contributed by atoms with van der Waals surface area (Å²) in [6.07, 6.45) is -3.76. The van der Waals surface area contributed by atoms with Crippen LogP contribution in [-0.4, -0.2) is 38.0 Å². The van der Waals surface area contributed by atoms with E-state index in [0.29, 0.717) is 5.56 Å². The predicted molar refractivity (Wildman–Crippen MR) is 109 cm³/mol. The molecule has 3 rings (SSSR count). The van der Waals surface area contributed by atoms with Crippen LogP contribution in [0.25, 0.3) is 16.9 Å². The summed E-state index contributed by atoms with van der Waals surface area (Å²) < 4.78 is 88.2. The number of aryl methyl sites for hydroxylation is 1. The molecular formula is C19H18F3N3O5S2. The molecule has 32 heavy (non-hydrogen) atoms. The van der Waals surface area contributed by atoms with Crippen molar-refractivity contribution in [1.29, 1.82) is 0 Å².